The first-order chi connectivity index (χ1) is 17.6. The van der Waals surface area contributed by atoms with Crippen molar-refractivity contribution in [2.75, 3.05) is 25.6 Å². The Labute approximate surface area is 224 Å². The third-order valence-electron chi connectivity index (χ3n) is 5.44. The number of carbonyl (C=O) groups excluding carboxylic acids is 3. The average molecular weight is 568 g/mol. The minimum absolute atomic E-state index is 0.00293. The van der Waals surface area contributed by atoms with Crippen LogP contribution in [0.25, 0.3) is 0 Å². The van der Waals surface area contributed by atoms with Crippen LogP contribution in [0.15, 0.2) is 71.2 Å². The summed E-state index contributed by atoms with van der Waals surface area (Å²) in [7, 11) is 1.56. The highest BCUT2D eigenvalue weighted by atomic mass is 79.9. The topological polar surface area (TPSA) is 106 Å². The predicted octanol–water partition coefficient (Wildman–Crippen LogP) is 5.10. The number of nitrogens with one attached hydrogen (secondary N) is 3. The quantitative estimate of drug-likeness (QED) is 0.259. The van der Waals surface area contributed by atoms with Crippen molar-refractivity contribution in [3.05, 3.63) is 93.5 Å². The molecule has 3 aromatic rings. The maximum Gasteiger partial charge on any atom is 0.273 e. The molecule has 3 rings (SSSR count). The van der Waals surface area contributed by atoms with Crippen molar-refractivity contribution < 1.29 is 23.9 Å². The van der Waals surface area contributed by atoms with Crippen molar-refractivity contribution in [1.29, 1.82) is 0 Å². The highest BCUT2D eigenvalue weighted by Crippen LogP contribution is 2.24. The average Bonchev–Trinajstić information content (AvgIpc) is 2.88. The molecule has 0 unspecified atom stereocenters. The van der Waals surface area contributed by atoms with Crippen LogP contribution in [0.1, 0.15) is 57.4 Å². The lowest BCUT2D eigenvalue weighted by Crippen LogP contribution is -2.41. The van der Waals surface area contributed by atoms with Gasteiger partial charge in [0.25, 0.3) is 17.7 Å². The molecular formula is C28H30BrN3O5. The summed E-state index contributed by atoms with van der Waals surface area (Å²) in [6.07, 6.45) is 0. The van der Waals surface area contributed by atoms with Gasteiger partial charge in [-0.05, 0) is 65.6 Å². The summed E-state index contributed by atoms with van der Waals surface area (Å²) >= 11 is 3.34. The number of carbonyl (C=O) groups is 3. The van der Waals surface area contributed by atoms with Gasteiger partial charge in [-0.15, -0.1) is 0 Å². The van der Waals surface area contributed by atoms with Crippen LogP contribution in [0.4, 0.5) is 5.69 Å². The number of methoxy groups -OCH3 is 1. The van der Waals surface area contributed by atoms with Crippen LogP contribution in [0.3, 0.4) is 0 Å². The predicted molar refractivity (Wildman–Crippen MR) is 146 cm³/mol. The molecule has 0 fully saturated rings. The number of hydrogen-bond acceptors (Lipinski definition) is 5. The third-order valence-corrected chi connectivity index (χ3v) is 5.93. The number of halogens is 1. The van der Waals surface area contributed by atoms with E-state index < -0.39 is 11.8 Å². The lowest BCUT2D eigenvalue weighted by molar-refractivity contribution is 0.0842. The molecule has 0 spiro atoms. The number of ether oxygens (including phenoxy) is 2. The van der Waals surface area contributed by atoms with Crippen molar-refractivity contribution in [1.82, 2.24) is 10.9 Å². The van der Waals surface area contributed by atoms with Gasteiger partial charge in [-0.25, -0.2) is 0 Å². The molecule has 0 aromatic heterocycles. The fraction of sp³-hybridized carbons (Fsp3) is 0.250. The summed E-state index contributed by atoms with van der Waals surface area (Å²) in [5.41, 5.74) is 7.57. The van der Waals surface area contributed by atoms with Crippen LogP contribution < -0.4 is 20.9 Å². The molecule has 194 valence electrons. The molecule has 9 heteroatoms. The number of hydrogen-bond donors (Lipinski definition) is 3. The number of benzene rings is 3. The van der Waals surface area contributed by atoms with Gasteiger partial charge in [-0.2, -0.15) is 0 Å². The lowest BCUT2D eigenvalue weighted by atomic mass is 9.87. The third kappa shape index (κ3) is 7.90. The van der Waals surface area contributed by atoms with Crippen LogP contribution in [-0.4, -0.2) is 38.0 Å². The summed E-state index contributed by atoms with van der Waals surface area (Å²) in [4.78, 5) is 37.8. The Kier molecular flexibility index (Phi) is 9.43. The van der Waals surface area contributed by atoms with E-state index in [1.54, 1.807) is 61.7 Å². The maximum absolute atomic E-state index is 12.7. The second-order valence-corrected chi connectivity index (χ2v) is 10.2. The van der Waals surface area contributed by atoms with Crippen molar-refractivity contribution in [3.8, 4) is 5.75 Å². The van der Waals surface area contributed by atoms with Crippen LogP contribution in [-0.2, 0) is 10.2 Å². The smallest absolute Gasteiger partial charge is 0.273 e. The second-order valence-electron chi connectivity index (χ2n) is 9.25. The van der Waals surface area contributed by atoms with Gasteiger partial charge in [0.1, 0.15) is 12.4 Å². The van der Waals surface area contributed by atoms with Gasteiger partial charge < -0.3 is 14.8 Å². The Balaban J connectivity index is 1.57. The summed E-state index contributed by atoms with van der Waals surface area (Å²) in [6.45, 7) is 6.98. The number of hydrazine groups is 1. The molecule has 0 radical (unpaired) electrons. The van der Waals surface area contributed by atoms with Crippen LogP contribution in [0.5, 0.6) is 5.75 Å². The number of amides is 3. The lowest BCUT2D eigenvalue weighted by Gasteiger charge is -2.19. The van der Waals surface area contributed by atoms with E-state index in [4.69, 9.17) is 9.47 Å². The Morgan fingerprint density at radius 1 is 0.784 bits per heavy atom. The first kappa shape index (κ1) is 27.9. The Morgan fingerprint density at radius 2 is 1.38 bits per heavy atom. The minimum Gasteiger partial charge on any atom is -0.490 e. The Bertz CT molecular complexity index is 1250. The zero-order valence-electron chi connectivity index (χ0n) is 21.2. The fourth-order valence-electron chi connectivity index (χ4n) is 3.32. The molecule has 3 N–H and O–H groups in total. The molecule has 0 atom stereocenters. The highest BCUT2D eigenvalue weighted by Gasteiger charge is 2.16. The zero-order chi connectivity index (χ0) is 27.0. The highest BCUT2D eigenvalue weighted by molar-refractivity contribution is 9.10. The van der Waals surface area contributed by atoms with Crippen molar-refractivity contribution in [3.63, 3.8) is 0 Å². The molecular weight excluding hydrogens is 538 g/mol. The second kappa shape index (κ2) is 12.5. The summed E-state index contributed by atoms with van der Waals surface area (Å²) in [5.74, 6) is -0.938. The van der Waals surface area contributed by atoms with Gasteiger partial charge in [0, 0.05) is 28.4 Å². The molecule has 3 aromatic carbocycles. The molecule has 8 nitrogen and oxygen atoms in total. The SMILES string of the molecule is COCCOc1ccc(Br)cc1C(=O)NNC(=O)c1ccc(NC(=O)c2ccc(C(C)(C)C)cc2)cc1. The largest absolute Gasteiger partial charge is 0.490 e. The van der Waals surface area contributed by atoms with Crippen LogP contribution in [0.2, 0.25) is 0 Å². The zero-order valence-corrected chi connectivity index (χ0v) is 22.8. The normalized spacial score (nSPS) is 10.9. The van der Waals surface area contributed by atoms with E-state index in [2.05, 4.69) is 52.9 Å². The monoisotopic (exact) mass is 567 g/mol. The van der Waals surface area contributed by atoms with Gasteiger partial charge >= 0.3 is 0 Å². The molecule has 0 saturated carbocycles. The molecule has 3 amide bonds. The van der Waals surface area contributed by atoms with E-state index in [-0.39, 0.29) is 23.5 Å². The molecule has 0 aliphatic carbocycles. The van der Waals surface area contributed by atoms with Gasteiger partial charge in [0.2, 0.25) is 0 Å². The minimum atomic E-state index is -0.538. The van der Waals surface area contributed by atoms with Crippen molar-refractivity contribution in [2.24, 2.45) is 0 Å². The van der Waals surface area contributed by atoms with E-state index >= 15 is 0 Å². The Morgan fingerprint density at radius 3 is 2.00 bits per heavy atom. The Hall–Kier alpha value is -3.69. The van der Waals surface area contributed by atoms with Crippen LogP contribution in [0, 0.1) is 0 Å². The first-order valence-corrected chi connectivity index (χ1v) is 12.4. The molecule has 0 aliphatic rings. The van der Waals surface area contributed by atoms with E-state index in [1.165, 1.54) is 0 Å². The maximum atomic E-state index is 12.7. The molecule has 37 heavy (non-hydrogen) atoms. The van der Waals surface area contributed by atoms with Gasteiger partial charge in [0.15, 0.2) is 0 Å². The van der Waals surface area contributed by atoms with Gasteiger partial charge in [0.05, 0.1) is 12.2 Å². The van der Waals surface area contributed by atoms with Crippen molar-refractivity contribution >= 4 is 39.3 Å². The fourth-order valence-corrected chi connectivity index (χ4v) is 3.68. The number of anilines is 1. The van der Waals surface area contributed by atoms with E-state index in [0.29, 0.717) is 33.6 Å². The van der Waals surface area contributed by atoms with Crippen molar-refractivity contribution in [2.45, 2.75) is 26.2 Å². The first-order valence-electron chi connectivity index (χ1n) is 11.6. The molecule has 0 bridgehead atoms. The summed E-state index contributed by atoms with van der Waals surface area (Å²) in [5, 5.41) is 2.82. The molecule has 0 heterocycles. The molecule has 0 aliphatic heterocycles. The van der Waals surface area contributed by atoms with Crippen LogP contribution >= 0.6 is 15.9 Å². The standard InChI is InChI=1S/C28H30BrN3O5/c1-28(2,3)20-9-5-18(6-10-20)25(33)30-22-12-7-19(8-13-22)26(34)31-32-27(35)23-17-21(29)11-14-24(23)37-16-15-36-4/h5-14,17H,15-16H2,1-4H3,(H,30,33)(H,31,34)(H,32,35). The molecule has 0 saturated heterocycles. The van der Waals surface area contributed by atoms with E-state index in [1.807, 2.05) is 12.1 Å². The number of rotatable bonds is 8. The van der Waals surface area contributed by atoms with Gasteiger partial charge in [-0.3, -0.25) is 25.2 Å². The summed E-state index contributed by atoms with van der Waals surface area (Å²) in [6, 6.07) is 18.8. The summed E-state index contributed by atoms with van der Waals surface area (Å²) < 4.78 is 11.2. The van der Waals surface area contributed by atoms with E-state index in [9.17, 15) is 14.4 Å². The van der Waals surface area contributed by atoms with E-state index in [0.717, 1.165) is 5.56 Å². The van der Waals surface area contributed by atoms with Gasteiger partial charge in [-0.1, -0.05) is 48.8 Å².